The lowest BCUT2D eigenvalue weighted by molar-refractivity contribution is -0.130. The van der Waals surface area contributed by atoms with E-state index < -0.39 is 10.0 Å². The van der Waals surface area contributed by atoms with E-state index in [0.717, 1.165) is 0 Å². The number of hydrogen-bond donors (Lipinski definition) is 1. The SMILES string of the molecule is CN(CCOc1ccc(Cl)cc1)C(=O)CCNS(=O)(=O)c1ccccc1Cl. The number of sulfonamides is 1. The van der Waals surface area contributed by atoms with E-state index in [0.29, 0.717) is 23.9 Å². The average Bonchev–Trinajstić information content (AvgIpc) is 2.63. The summed E-state index contributed by atoms with van der Waals surface area (Å²) in [6, 6.07) is 13.1. The van der Waals surface area contributed by atoms with Crippen LogP contribution in [0.15, 0.2) is 53.4 Å². The maximum absolute atomic E-state index is 12.2. The van der Waals surface area contributed by atoms with E-state index in [-0.39, 0.29) is 28.8 Å². The van der Waals surface area contributed by atoms with Crippen molar-refractivity contribution in [3.05, 3.63) is 58.6 Å². The van der Waals surface area contributed by atoms with Gasteiger partial charge in [-0.2, -0.15) is 0 Å². The molecule has 0 aromatic heterocycles. The van der Waals surface area contributed by atoms with Crippen molar-refractivity contribution in [1.82, 2.24) is 9.62 Å². The Bertz CT molecular complexity index is 873. The van der Waals surface area contributed by atoms with Gasteiger partial charge in [0, 0.05) is 25.0 Å². The zero-order chi connectivity index (χ0) is 19.9. The molecule has 146 valence electrons. The van der Waals surface area contributed by atoms with E-state index in [1.807, 2.05) is 0 Å². The molecule has 1 N–H and O–H groups in total. The zero-order valence-corrected chi connectivity index (χ0v) is 17.0. The smallest absolute Gasteiger partial charge is 0.242 e. The van der Waals surface area contributed by atoms with E-state index in [9.17, 15) is 13.2 Å². The number of carbonyl (C=O) groups is 1. The van der Waals surface area contributed by atoms with Gasteiger partial charge in [0.05, 0.1) is 11.6 Å². The summed E-state index contributed by atoms with van der Waals surface area (Å²) in [4.78, 5) is 13.6. The number of hydrogen-bond acceptors (Lipinski definition) is 4. The van der Waals surface area contributed by atoms with Crippen LogP contribution < -0.4 is 9.46 Å². The first-order chi connectivity index (χ1) is 12.8. The summed E-state index contributed by atoms with van der Waals surface area (Å²) >= 11 is 11.7. The molecule has 9 heteroatoms. The van der Waals surface area contributed by atoms with Crippen LogP contribution in [0, 0.1) is 0 Å². The molecule has 0 aliphatic heterocycles. The van der Waals surface area contributed by atoms with Crippen molar-refractivity contribution in [2.45, 2.75) is 11.3 Å². The lowest BCUT2D eigenvalue weighted by Gasteiger charge is -2.17. The molecule has 0 heterocycles. The summed E-state index contributed by atoms with van der Waals surface area (Å²) in [5.74, 6) is 0.462. The van der Waals surface area contributed by atoms with Gasteiger partial charge in [0.25, 0.3) is 0 Å². The van der Waals surface area contributed by atoms with Crippen LogP contribution in [0.25, 0.3) is 0 Å². The molecule has 0 radical (unpaired) electrons. The number of likely N-dealkylation sites (N-methyl/N-ethyl adjacent to an activating group) is 1. The Morgan fingerprint density at radius 1 is 1.11 bits per heavy atom. The van der Waals surface area contributed by atoms with E-state index in [4.69, 9.17) is 27.9 Å². The van der Waals surface area contributed by atoms with Gasteiger partial charge in [-0.05, 0) is 36.4 Å². The molecule has 0 aliphatic rings. The number of benzene rings is 2. The molecule has 2 aromatic rings. The minimum atomic E-state index is -3.76. The van der Waals surface area contributed by atoms with Crippen LogP contribution in [-0.4, -0.2) is 46.0 Å². The number of halogens is 2. The Hall–Kier alpha value is -1.80. The molecular formula is C18H20Cl2N2O4S. The molecule has 2 aromatic carbocycles. The number of rotatable bonds is 9. The predicted octanol–water partition coefficient (Wildman–Crippen LogP) is 3.20. The average molecular weight is 431 g/mol. The lowest BCUT2D eigenvalue weighted by atomic mass is 10.3. The quantitative estimate of drug-likeness (QED) is 0.662. The van der Waals surface area contributed by atoms with Crippen LogP contribution >= 0.6 is 23.2 Å². The number of carbonyl (C=O) groups excluding carboxylic acids is 1. The summed E-state index contributed by atoms with van der Waals surface area (Å²) in [7, 11) is -2.12. The molecule has 0 saturated heterocycles. The lowest BCUT2D eigenvalue weighted by Crippen LogP contribution is -2.34. The molecule has 0 bridgehead atoms. The fraction of sp³-hybridized carbons (Fsp3) is 0.278. The topological polar surface area (TPSA) is 75.7 Å². The summed E-state index contributed by atoms with van der Waals surface area (Å²) < 4.78 is 32.3. The van der Waals surface area contributed by atoms with Crippen molar-refractivity contribution in [2.75, 3.05) is 26.7 Å². The highest BCUT2D eigenvalue weighted by atomic mass is 35.5. The fourth-order valence-electron chi connectivity index (χ4n) is 2.18. The van der Waals surface area contributed by atoms with E-state index in [2.05, 4.69) is 4.72 Å². The second kappa shape index (κ2) is 9.94. The second-order valence-corrected chi connectivity index (χ2v) is 8.27. The molecule has 6 nitrogen and oxygen atoms in total. The zero-order valence-electron chi connectivity index (χ0n) is 14.7. The van der Waals surface area contributed by atoms with Gasteiger partial charge in [0.2, 0.25) is 15.9 Å². The highest BCUT2D eigenvalue weighted by Crippen LogP contribution is 2.20. The highest BCUT2D eigenvalue weighted by Gasteiger charge is 2.18. The van der Waals surface area contributed by atoms with Gasteiger partial charge in [-0.15, -0.1) is 0 Å². The first kappa shape index (κ1) is 21.5. The fourth-order valence-corrected chi connectivity index (χ4v) is 3.85. The van der Waals surface area contributed by atoms with Gasteiger partial charge < -0.3 is 9.64 Å². The minimum Gasteiger partial charge on any atom is -0.492 e. The minimum absolute atomic E-state index is 0.0103. The van der Waals surface area contributed by atoms with Crippen LogP contribution in [0.1, 0.15) is 6.42 Å². The van der Waals surface area contributed by atoms with Gasteiger partial charge in [-0.25, -0.2) is 13.1 Å². The van der Waals surface area contributed by atoms with Gasteiger partial charge in [0.1, 0.15) is 17.3 Å². The third-order valence-electron chi connectivity index (χ3n) is 3.69. The van der Waals surface area contributed by atoms with Gasteiger partial charge in [-0.3, -0.25) is 4.79 Å². The molecular weight excluding hydrogens is 411 g/mol. The molecule has 2 rings (SSSR count). The molecule has 0 atom stereocenters. The second-order valence-electron chi connectivity index (χ2n) is 5.70. The van der Waals surface area contributed by atoms with Crippen LogP contribution in [0.3, 0.4) is 0 Å². The number of amides is 1. The van der Waals surface area contributed by atoms with Crippen LogP contribution in [-0.2, 0) is 14.8 Å². The van der Waals surface area contributed by atoms with Crippen molar-refractivity contribution in [3.8, 4) is 5.75 Å². The summed E-state index contributed by atoms with van der Waals surface area (Å²) in [5, 5.41) is 0.752. The first-order valence-corrected chi connectivity index (χ1v) is 10.4. The molecule has 0 spiro atoms. The number of ether oxygens (including phenoxy) is 1. The Morgan fingerprint density at radius 3 is 2.44 bits per heavy atom. The van der Waals surface area contributed by atoms with E-state index >= 15 is 0 Å². The van der Waals surface area contributed by atoms with Crippen molar-refractivity contribution < 1.29 is 17.9 Å². The maximum Gasteiger partial charge on any atom is 0.242 e. The molecule has 0 unspecified atom stereocenters. The summed E-state index contributed by atoms with van der Waals surface area (Å²) in [5.41, 5.74) is 0. The Kier molecular flexibility index (Phi) is 7.91. The molecule has 0 saturated carbocycles. The largest absolute Gasteiger partial charge is 0.492 e. The predicted molar refractivity (Wildman–Crippen MR) is 106 cm³/mol. The molecule has 0 aliphatic carbocycles. The molecule has 27 heavy (non-hydrogen) atoms. The maximum atomic E-state index is 12.2. The van der Waals surface area contributed by atoms with Crippen molar-refractivity contribution in [1.29, 1.82) is 0 Å². The van der Waals surface area contributed by atoms with Crippen LogP contribution in [0.4, 0.5) is 0 Å². The van der Waals surface area contributed by atoms with Gasteiger partial charge >= 0.3 is 0 Å². The van der Waals surface area contributed by atoms with Crippen molar-refractivity contribution >= 4 is 39.1 Å². The van der Waals surface area contributed by atoms with Crippen molar-refractivity contribution in [2.24, 2.45) is 0 Å². The number of nitrogens with one attached hydrogen (secondary N) is 1. The normalized spacial score (nSPS) is 11.2. The first-order valence-electron chi connectivity index (χ1n) is 8.16. The Labute approximate surface area is 169 Å². The Balaban J connectivity index is 1.74. The standard InChI is InChI=1S/C18H20Cl2N2O4S/c1-22(12-13-26-15-8-6-14(19)7-9-15)18(23)10-11-21-27(24,25)17-5-3-2-4-16(17)20/h2-9,21H,10-13H2,1H3. The van der Waals surface area contributed by atoms with E-state index in [1.165, 1.54) is 17.0 Å². The molecule has 1 amide bonds. The third-order valence-corrected chi connectivity index (χ3v) is 5.90. The number of nitrogens with zero attached hydrogens (tertiary/aromatic N) is 1. The van der Waals surface area contributed by atoms with Crippen LogP contribution in [0.5, 0.6) is 5.75 Å². The highest BCUT2D eigenvalue weighted by molar-refractivity contribution is 7.89. The molecule has 0 fully saturated rings. The monoisotopic (exact) mass is 430 g/mol. The van der Waals surface area contributed by atoms with Crippen LogP contribution in [0.2, 0.25) is 10.0 Å². The Morgan fingerprint density at radius 2 is 1.78 bits per heavy atom. The van der Waals surface area contributed by atoms with Crippen molar-refractivity contribution in [3.63, 3.8) is 0 Å². The van der Waals surface area contributed by atoms with Gasteiger partial charge in [-0.1, -0.05) is 35.3 Å². The third kappa shape index (κ3) is 6.70. The van der Waals surface area contributed by atoms with E-state index in [1.54, 1.807) is 43.4 Å². The summed E-state index contributed by atoms with van der Waals surface area (Å²) in [6.07, 6.45) is 0.0289. The van der Waals surface area contributed by atoms with Gasteiger partial charge in [0.15, 0.2) is 0 Å². The summed E-state index contributed by atoms with van der Waals surface area (Å²) in [6.45, 7) is 0.669.